The van der Waals surface area contributed by atoms with Crippen LogP contribution in [0.1, 0.15) is 16.7 Å². The molecule has 0 aliphatic heterocycles. The highest BCUT2D eigenvalue weighted by atomic mass is 32.2. The van der Waals surface area contributed by atoms with E-state index in [1.807, 2.05) is 37.3 Å². The zero-order chi connectivity index (χ0) is 15.5. The molecule has 2 aromatic carbocycles. The molecule has 0 fully saturated rings. The van der Waals surface area contributed by atoms with Gasteiger partial charge in [0.2, 0.25) is 10.0 Å². The van der Waals surface area contributed by atoms with Gasteiger partial charge in [0.1, 0.15) is 0 Å². The van der Waals surface area contributed by atoms with Gasteiger partial charge in [0.25, 0.3) is 0 Å². The summed E-state index contributed by atoms with van der Waals surface area (Å²) in [7, 11) is -3.54. The number of hydrogen-bond acceptors (Lipinski definition) is 3. The predicted octanol–water partition coefficient (Wildman–Crippen LogP) is 2.41. The summed E-state index contributed by atoms with van der Waals surface area (Å²) in [6.07, 6.45) is 0.653. The van der Waals surface area contributed by atoms with Crippen LogP contribution in [0.3, 0.4) is 0 Å². The molecule has 0 unspecified atom stereocenters. The van der Waals surface area contributed by atoms with Crippen LogP contribution < -0.4 is 10.5 Å². The quantitative estimate of drug-likeness (QED) is 0.833. The summed E-state index contributed by atoms with van der Waals surface area (Å²) < 4.78 is 27.4. The number of sulfonamides is 1. The Morgan fingerprint density at radius 3 is 2.43 bits per heavy atom. The fourth-order valence-electron chi connectivity index (χ4n) is 2.19. The van der Waals surface area contributed by atoms with E-state index in [0.717, 1.165) is 16.7 Å². The number of nitrogens with two attached hydrogens (primary N) is 1. The van der Waals surface area contributed by atoms with Crippen LogP contribution in [0, 0.1) is 13.8 Å². The largest absolute Gasteiger partial charge is 0.399 e. The van der Waals surface area contributed by atoms with Gasteiger partial charge >= 0.3 is 0 Å². The van der Waals surface area contributed by atoms with Gasteiger partial charge in [-0.1, -0.05) is 30.3 Å². The Morgan fingerprint density at radius 2 is 1.76 bits per heavy atom. The molecule has 3 N–H and O–H groups in total. The van der Waals surface area contributed by atoms with Gasteiger partial charge in [-0.15, -0.1) is 0 Å². The molecule has 0 spiro atoms. The first kappa shape index (κ1) is 15.5. The van der Waals surface area contributed by atoms with Gasteiger partial charge in [-0.25, -0.2) is 13.1 Å². The third-order valence-electron chi connectivity index (χ3n) is 3.48. The molecule has 0 atom stereocenters. The van der Waals surface area contributed by atoms with Gasteiger partial charge < -0.3 is 5.73 Å². The Labute approximate surface area is 126 Å². The zero-order valence-electron chi connectivity index (χ0n) is 12.3. The number of nitrogen functional groups attached to an aromatic ring is 1. The van der Waals surface area contributed by atoms with E-state index in [1.165, 1.54) is 6.07 Å². The van der Waals surface area contributed by atoms with Crippen LogP contribution in [0.25, 0.3) is 0 Å². The molecule has 0 saturated carbocycles. The Morgan fingerprint density at radius 1 is 1.10 bits per heavy atom. The number of hydrogen-bond donors (Lipinski definition) is 2. The van der Waals surface area contributed by atoms with Crippen molar-refractivity contribution in [3.05, 3.63) is 59.2 Å². The van der Waals surface area contributed by atoms with Crippen molar-refractivity contribution in [1.82, 2.24) is 4.72 Å². The fourth-order valence-corrected chi connectivity index (χ4v) is 3.57. The maximum Gasteiger partial charge on any atom is 0.240 e. The zero-order valence-corrected chi connectivity index (χ0v) is 13.1. The van der Waals surface area contributed by atoms with E-state index in [0.29, 0.717) is 18.7 Å². The smallest absolute Gasteiger partial charge is 0.240 e. The third kappa shape index (κ3) is 3.83. The van der Waals surface area contributed by atoms with Crippen molar-refractivity contribution in [3.8, 4) is 0 Å². The van der Waals surface area contributed by atoms with Crippen LogP contribution in [0.5, 0.6) is 0 Å². The van der Waals surface area contributed by atoms with Gasteiger partial charge in [-0.05, 0) is 49.1 Å². The number of aryl methyl sites for hydroxylation is 1. The summed E-state index contributed by atoms with van der Waals surface area (Å²) in [6.45, 7) is 4.01. The second-order valence-electron chi connectivity index (χ2n) is 5.09. The number of rotatable bonds is 5. The van der Waals surface area contributed by atoms with E-state index in [2.05, 4.69) is 4.72 Å². The average molecular weight is 304 g/mol. The van der Waals surface area contributed by atoms with E-state index >= 15 is 0 Å². The first-order valence-corrected chi connectivity index (χ1v) is 8.29. The molecule has 0 radical (unpaired) electrons. The monoisotopic (exact) mass is 304 g/mol. The normalized spacial score (nSPS) is 11.5. The van der Waals surface area contributed by atoms with Crippen molar-refractivity contribution in [2.75, 3.05) is 12.3 Å². The molecule has 0 saturated heterocycles. The van der Waals surface area contributed by atoms with Crippen molar-refractivity contribution < 1.29 is 8.42 Å². The first-order chi connectivity index (χ1) is 9.90. The van der Waals surface area contributed by atoms with Crippen molar-refractivity contribution in [2.45, 2.75) is 25.2 Å². The third-order valence-corrected chi connectivity index (χ3v) is 5.07. The number of anilines is 1. The molecule has 0 aliphatic rings. The highest BCUT2D eigenvalue weighted by Gasteiger charge is 2.18. The minimum atomic E-state index is -3.54. The highest BCUT2D eigenvalue weighted by molar-refractivity contribution is 7.89. The number of benzene rings is 2. The molecular weight excluding hydrogens is 284 g/mol. The molecule has 0 aliphatic carbocycles. The lowest BCUT2D eigenvalue weighted by atomic mass is 10.1. The molecule has 112 valence electrons. The van der Waals surface area contributed by atoms with E-state index in [-0.39, 0.29) is 4.90 Å². The summed E-state index contributed by atoms with van der Waals surface area (Å²) in [6, 6.07) is 13.1. The highest BCUT2D eigenvalue weighted by Crippen LogP contribution is 2.22. The van der Waals surface area contributed by atoms with Crippen molar-refractivity contribution >= 4 is 15.7 Å². The van der Waals surface area contributed by atoms with Crippen LogP contribution in [0.2, 0.25) is 0 Å². The molecule has 21 heavy (non-hydrogen) atoms. The van der Waals surface area contributed by atoms with Crippen LogP contribution in [-0.4, -0.2) is 15.0 Å². The number of nitrogens with one attached hydrogen (secondary N) is 1. The molecule has 0 amide bonds. The SMILES string of the molecule is Cc1cc(N)cc(S(=O)(=O)NCCc2ccccc2)c1C. The molecule has 0 heterocycles. The average Bonchev–Trinajstić information content (AvgIpc) is 2.43. The van der Waals surface area contributed by atoms with Gasteiger partial charge in [0.15, 0.2) is 0 Å². The standard InChI is InChI=1S/C16H20N2O2S/c1-12-10-15(17)11-16(13(12)2)21(19,20)18-9-8-14-6-4-3-5-7-14/h3-7,10-11,18H,8-9,17H2,1-2H3. The van der Waals surface area contributed by atoms with Crippen LogP contribution in [-0.2, 0) is 16.4 Å². The minimum absolute atomic E-state index is 0.257. The summed E-state index contributed by atoms with van der Waals surface area (Å²) >= 11 is 0. The van der Waals surface area contributed by atoms with Gasteiger partial charge in [0, 0.05) is 12.2 Å². The maximum atomic E-state index is 12.4. The predicted molar refractivity (Wildman–Crippen MR) is 85.7 cm³/mol. The second-order valence-corrected chi connectivity index (χ2v) is 6.83. The minimum Gasteiger partial charge on any atom is -0.399 e. The Balaban J connectivity index is 2.12. The topological polar surface area (TPSA) is 72.2 Å². The molecular formula is C16H20N2O2S. The molecule has 2 rings (SSSR count). The van der Waals surface area contributed by atoms with Gasteiger partial charge in [-0.3, -0.25) is 0 Å². The Bertz CT molecular complexity index is 725. The lowest BCUT2D eigenvalue weighted by molar-refractivity contribution is 0.581. The van der Waals surface area contributed by atoms with Crippen LogP contribution in [0.15, 0.2) is 47.4 Å². The van der Waals surface area contributed by atoms with E-state index in [4.69, 9.17) is 5.73 Å². The van der Waals surface area contributed by atoms with Crippen LogP contribution >= 0.6 is 0 Å². The molecule has 0 bridgehead atoms. The van der Waals surface area contributed by atoms with Crippen molar-refractivity contribution in [3.63, 3.8) is 0 Å². The molecule has 2 aromatic rings. The summed E-state index contributed by atoms with van der Waals surface area (Å²) in [5.41, 5.74) is 8.92. The molecule has 0 aromatic heterocycles. The fraction of sp³-hybridized carbons (Fsp3) is 0.250. The Hall–Kier alpha value is -1.85. The van der Waals surface area contributed by atoms with Crippen molar-refractivity contribution in [1.29, 1.82) is 0 Å². The van der Waals surface area contributed by atoms with E-state index < -0.39 is 10.0 Å². The van der Waals surface area contributed by atoms with E-state index in [9.17, 15) is 8.42 Å². The maximum absolute atomic E-state index is 12.4. The van der Waals surface area contributed by atoms with Gasteiger partial charge in [-0.2, -0.15) is 0 Å². The lowest BCUT2D eigenvalue weighted by Gasteiger charge is -2.12. The van der Waals surface area contributed by atoms with Gasteiger partial charge in [0.05, 0.1) is 4.90 Å². The summed E-state index contributed by atoms with van der Waals surface area (Å²) in [5, 5.41) is 0. The van der Waals surface area contributed by atoms with Crippen LogP contribution in [0.4, 0.5) is 5.69 Å². The summed E-state index contributed by atoms with van der Waals surface area (Å²) in [5.74, 6) is 0. The van der Waals surface area contributed by atoms with E-state index in [1.54, 1.807) is 13.0 Å². The molecule has 5 heteroatoms. The summed E-state index contributed by atoms with van der Waals surface area (Å²) in [4.78, 5) is 0.257. The lowest BCUT2D eigenvalue weighted by Crippen LogP contribution is -2.27. The first-order valence-electron chi connectivity index (χ1n) is 6.80. The molecule has 4 nitrogen and oxygen atoms in total. The second kappa shape index (κ2) is 6.28. The van der Waals surface area contributed by atoms with Crippen molar-refractivity contribution in [2.24, 2.45) is 0 Å². The Kier molecular flexibility index (Phi) is 4.65.